The van der Waals surface area contributed by atoms with Crippen molar-refractivity contribution in [2.45, 2.75) is 19.9 Å². The zero-order valence-electron chi connectivity index (χ0n) is 12.9. The summed E-state index contributed by atoms with van der Waals surface area (Å²) in [7, 11) is 0. The summed E-state index contributed by atoms with van der Waals surface area (Å²) in [4.78, 5) is 23.7. The molecule has 0 radical (unpaired) electrons. The molecule has 0 saturated carbocycles. The second-order valence-electron chi connectivity index (χ2n) is 4.98. The van der Waals surface area contributed by atoms with E-state index in [1.807, 2.05) is 0 Å². The van der Waals surface area contributed by atoms with Crippen LogP contribution in [0.4, 0.5) is 0 Å². The van der Waals surface area contributed by atoms with Gasteiger partial charge in [0, 0.05) is 10.7 Å². The van der Waals surface area contributed by atoms with Crippen molar-refractivity contribution in [3.8, 4) is 5.75 Å². The summed E-state index contributed by atoms with van der Waals surface area (Å²) >= 11 is 5.78. The Labute approximate surface area is 143 Å². The van der Waals surface area contributed by atoms with E-state index in [1.165, 1.54) is 24.5 Å². The summed E-state index contributed by atoms with van der Waals surface area (Å²) in [6, 6.07) is 7.59. The van der Waals surface area contributed by atoms with E-state index in [1.54, 1.807) is 19.1 Å². The van der Waals surface area contributed by atoms with Crippen LogP contribution in [-0.4, -0.2) is 22.6 Å². The molecule has 0 atom stereocenters. The topological polar surface area (TPSA) is 104 Å². The molecule has 1 aromatic carbocycles. The Morgan fingerprint density at radius 3 is 2.83 bits per heavy atom. The van der Waals surface area contributed by atoms with Crippen LogP contribution in [0.3, 0.4) is 0 Å². The van der Waals surface area contributed by atoms with E-state index in [-0.39, 0.29) is 30.2 Å². The Bertz CT molecular complexity index is 757. The lowest BCUT2D eigenvalue weighted by Gasteiger charge is -2.05. The van der Waals surface area contributed by atoms with E-state index in [0.29, 0.717) is 16.5 Å². The van der Waals surface area contributed by atoms with Gasteiger partial charge in [-0.3, -0.25) is 9.59 Å². The summed E-state index contributed by atoms with van der Waals surface area (Å²) in [6.45, 7) is 1.88. The van der Waals surface area contributed by atoms with Crippen LogP contribution in [0.15, 0.2) is 46.1 Å². The summed E-state index contributed by atoms with van der Waals surface area (Å²) < 4.78 is 5.10. The molecular formula is C16H16ClN3O4. The van der Waals surface area contributed by atoms with Gasteiger partial charge in [0.25, 0.3) is 5.91 Å². The zero-order valence-corrected chi connectivity index (χ0v) is 13.6. The molecule has 7 nitrogen and oxygen atoms in total. The maximum Gasteiger partial charge on any atom is 0.275 e. The Morgan fingerprint density at radius 2 is 2.12 bits per heavy atom. The van der Waals surface area contributed by atoms with Gasteiger partial charge in [0.15, 0.2) is 0 Å². The second-order valence-corrected chi connectivity index (χ2v) is 5.42. The van der Waals surface area contributed by atoms with Crippen LogP contribution in [0.1, 0.15) is 29.5 Å². The van der Waals surface area contributed by atoms with Crippen molar-refractivity contribution in [2.24, 2.45) is 5.10 Å². The molecule has 2 rings (SSSR count). The van der Waals surface area contributed by atoms with Crippen molar-refractivity contribution in [3.05, 3.63) is 52.9 Å². The summed E-state index contributed by atoms with van der Waals surface area (Å²) in [5, 5.41) is 16.5. The van der Waals surface area contributed by atoms with E-state index in [2.05, 4.69) is 15.8 Å². The number of hydrazone groups is 1. The van der Waals surface area contributed by atoms with Gasteiger partial charge in [0.05, 0.1) is 24.8 Å². The first kappa shape index (κ1) is 17.6. The normalized spacial score (nSPS) is 11.2. The molecular weight excluding hydrogens is 334 g/mol. The molecule has 8 heteroatoms. The highest BCUT2D eigenvalue weighted by atomic mass is 35.5. The number of nitrogens with one attached hydrogen (secondary N) is 2. The van der Waals surface area contributed by atoms with Gasteiger partial charge < -0.3 is 14.8 Å². The number of furan rings is 1. The van der Waals surface area contributed by atoms with Crippen LogP contribution in [-0.2, 0) is 11.3 Å². The van der Waals surface area contributed by atoms with Gasteiger partial charge in [0.1, 0.15) is 11.5 Å². The Balaban J connectivity index is 1.85. The van der Waals surface area contributed by atoms with Crippen molar-refractivity contribution in [3.63, 3.8) is 0 Å². The van der Waals surface area contributed by atoms with Crippen molar-refractivity contribution in [1.82, 2.24) is 10.7 Å². The highest BCUT2D eigenvalue weighted by Gasteiger charge is 2.11. The Hall–Kier alpha value is -2.80. The molecule has 0 aliphatic carbocycles. The molecule has 1 aromatic heterocycles. The number of aromatic hydroxyl groups is 1. The minimum atomic E-state index is -0.620. The molecule has 0 unspecified atom stereocenters. The summed E-state index contributed by atoms with van der Waals surface area (Å²) in [5.41, 5.74) is 2.68. The highest BCUT2D eigenvalue weighted by Crippen LogP contribution is 2.21. The monoisotopic (exact) mass is 349 g/mol. The molecule has 0 spiro atoms. The van der Waals surface area contributed by atoms with Crippen LogP contribution < -0.4 is 10.7 Å². The quantitative estimate of drug-likeness (QED) is 0.550. The molecule has 0 aliphatic rings. The van der Waals surface area contributed by atoms with E-state index in [4.69, 9.17) is 16.0 Å². The molecule has 2 aromatic rings. The molecule has 3 N–H and O–H groups in total. The number of benzene rings is 1. The molecule has 0 fully saturated rings. The van der Waals surface area contributed by atoms with Crippen LogP contribution >= 0.6 is 11.6 Å². The number of amides is 2. The predicted molar refractivity (Wildman–Crippen MR) is 88.9 cm³/mol. The average molecular weight is 350 g/mol. The van der Waals surface area contributed by atoms with Crippen molar-refractivity contribution in [2.75, 3.05) is 0 Å². The lowest BCUT2D eigenvalue weighted by molar-refractivity contribution is -0.120. The van der Waals surface area contributed by atoms with E-state index < -0.39 is 5.91 Å². The third kappa shape index (κ3) is 5.13. The van der Waals surface area contributed by atoms with Crippen LogP contribution in [0.25, 0.3) is 0 Å². The summed E-state index contributed by atoms with van der Waals surface area (Å²) in [6.07, 6.45) is 1.54. The molecule has 0 saturated heterocycles. The number of carbonyl (C=O) groups excluding carboxylic acids is 2. The van der Waals surface area contributed by atoms with Gasteiger partial charge >= 0.3 is 0 Å². The molecule has 1 heterocycles. The number of nitrogens with zero attached hydrogens (tertiary/aromatic N) is 1. The minimum Gasteiger partial charge on any atom is -0.507 e. The summed E-state index contributed by atoms with van der Waals surface area (Å²) in [5.74, 6) is -0.443. The Morgan fingerprint density at radius 1 is 1.33 bits per heavy atom. The maximum absolute atomic E-state index is 11.9. The largest absolute Gasteiger partial charge is 0.507 e. The molecule has 126 valence electrons. The van der Waals surface area contributed by atoms with Gasteiger partial charge in [-0.1, -0.05) is 11.6 Å². The van der Waals surface area contributed by atoms with Gasteiger partial charge in [0.2, 0.25) is 5.91 Å². The SMILES string of the molecule is C/C(CC(=O)NCc1ccco1)=N/NC(=O)c1cc(Cl)ccc1O. The number of halogens is 1. The lowest BCUT2D eigenvalue weighted by Crippen LogP contribution is -2.26. The fourth-order valence-electron chi connectivity index (χ4n) is 1.83. The van der Waals surface area contributed by atoms with Crippen molar-refractivity contribution in [1.29, 1.82) is 0 Å². The average Bonchev–Trinajstić information content (AvgIpc) is 3.06. The fraction of sp³-hybridized carbons (Fsp3) is 0.188. The van der Waals surface area contributed by atoms with E-state index in [0.717, 1.165) is 0 Å². The highest BCUT2D eigenvalue weighted by molar-refractivity contribution is 6.31. The molecule has 2 amide bonds. The molecule has 24 heavy (non-hydrogen) atoms. The predicted octanol–water partition coefficient (Wildman–Crippen LogP) is 2.45. The smallest absolute Gasteiger partial charge is 0.275 e. The van der Waals surface area contributed by atoms with Gasteiger partial charge in [-0.2, -0.15) is 5.10 Å². The standard InChI is InChI=1S/C16H16ClN3O4/c1-10(7-15(22)18-9-12-3-2-6-24-12)19-20-16(23)13-8-11(17)4-5-14(13)21/h2-6,8,21H,7,9H2,1H3,(H,18,22)(H,20,23)/b19-10-. The third-order valence-corrected chi connectivity index (χ3v) is 3.24. The first-order chi connectivity index (χ1) is 11.5. The minimum absolute atomic E-state index is 0.00122. The van der Waals surface area contributed by atoms with Crippen LogP contribution in [0.2, 0.25) is 5.02 Å². The second kappa shape index (κ2) is 8.16. The maximum atomic E-state index is 11.9. The molecule has 0 aliphatic heterocycles. The van der Waals surface area contributed by atoms with Gasteiger partial charge in [-0.05, 0) is 37.3 Å². The zero-order chi connectivity index (χ0) is 17.5. The number of hydrogen-bond donors (Lipinski definition) is 3. The first-order valence-corrected chi connectivity index (χ1v) is 7.44. The number of rotatable bonds is 6. The number of phenols is 1. The van der Waals surface area contributed by atoms with Crippen molar-refractivity contribution >= 4 is 29.1 Å². The van der Waals surface area contributed by atoms with Crippen LogP contribution in [0.5, 0.6) is 5.75 Å². The van der Waals surface area contributed by atoms with Crippen LogP contribution in [0, 0.1) is 0 Å². The number of hydrogen-bond acceptors (Lipinski definition) is 5. The number of phenolic OH excluding ortho intramolecular Hbond substituents is 1. The molecule has 0 bridgehead atoms. The lowest BCUT2D eigenvalue weighted by atomic mass is 10.2. The number of carbonyl (C=O) groups is 2. The van der Waals surface area contributed by atoms with E-state index >= 15 is 0 Å². The van der Waals surface area contributed by atoms with E-state index in [9.17, 15) is 14.7 Å². The Kier molecular flexibility index (Phi) is 5.97. The van der Waals surface area contributed by atoms with Crippen molar-refractivity contribution < 1.29 is 19.1 Å². The first-order valence-electron chi connectivity index (χ1n) is 7.07. The van der Waals surface area contributed by atoms with Gasteiger partial charge in [-0.15, -0.1) is 0 Å². The van der Waals surface area contributed by atoms with Gasteiger partial charge in [-0.25, -0.2) is 5.43 Å². The third-order valence-electron chi connectivity index (χ3n) is 3.01. The fourth-order valence-corrected chi connectivity index (χ4v) is 2.00.